The Labute approximate surface area is 210 Å². The number of carbonyl (C=O) groups is 1. The molecule has 1 N–H and O–H groups in total. The van der Waals surface area contributed by atoms with Crippen molar-refractivity contribution in [3.8, 4) is 5.75 Å². The maximum absolute atomic E-state index is 12.8. The zero-order chi connectivity index (χ0) is 23.9. The molecule has 2 fully saturated rings. The molecule has 0 aromatic heterocycles. The first-order valence-corrected chi connectivity index (χ1v) is 14.0. The van der Waals surface area contributed by atoms with Gasteiger partial charge in [-0.2, -0.15) is 0 Å². The molecule has 0 unspecified atom stereocenters. The summed E-state index contributed by atoms with van der Waals surface area (Å²) in [5.74, 6) is 1.77. The lowest BCUT2D eigenvalue weighted by Gasteiger charge is -2.26. The monoisotopic (exact) mass is 475 g/mol. The van der Waals surface area contributed by atoms with Gasteiger partial charge in [0.15, 0.2) is 0 Å². The Balaban J connectivity index is 1.07. The van der Waals surface area contributed by atoms with Crippen molar-refractivity contribution in [2.75, 3.05) is 13.2 Å². The van der Waals surface area contributed by atoms with E-state index in [1.807, 2.05) is 24.3 Å². The van der Waals surface area contributed by atoms with Crippen molar-refractivity contribution in [1.29, 1.82) is 0 Å². The molecule has 188 valence electrons. The fraction of sp³-hybridized carbons (Fsp3) is 0.581. The van der Waals surface area contributed by atoms with Gasteiger partial charge in [0.05, 0.1) is 6.10 Å². The fourth-order valence-corrected chi connectivity index (χ4v) is 6.09. The second kappa shape index (κ2) is 12.1. The van der Waals surface area contributed by atoms with Crippen molar-refractivity contribution in [3.05, 3.63) is 64.7 Å². The molecular weight excluding hydrogens is 434 g/mol. The van der Waals surface area contributed by atoms with E-state index in [4.69, 9.17) is 9.47 Å². The Bertz CT molecular complexity index is 958. The molecule has 1 amide bonds. The summed E-state index contributed by atoms with van der Waals surface area (Å²) < 4.78 is 11.4. The summed E-state index contributed by atoms with van der Waals surface area (Å²) >= 11 is 0. The minimum atomic E-state index is 0.00320. The van der Waals surface area contributed by atoms with Gasteiger partial charge >= 0.3 is 0 Å². The molecule has 2 aromatic carbocycles. The number of amides is 1. The molecule has 5 rings (SSSR count). The smallest absolute Gasteiger partial charge is 0.251 e. The number of benzene rings is 2. The minimum absolute atomic E-state index is 0.00320. The van der Waals surface area contributed by atoms with Gasteiger partial charge in [0, 0.05) is 18.2 Å². The van der Waals surface area contributed by atoms with Crippen LogP contribution in [0.3, 0.4) is 0 Å². The molecule has 0 spiro atoms. The SMILES string of the molecule is O=C(N[C@H]1CCc2cc(CCCC3CCCCC3)ccc2C1)c1ccc(OC[C@@H]2CCCO2)cc1. The first-order valence-electron chi connectivity index (χ1n) is 14.0. The lowest BCUT2D eigenvalue weighted by Crippen LogP contribution is -2.38. The summed E-state index contributed by atoms with van der Waals surface area (Å²) in [5, 5.41) is 3.26. The number of hydrogen-bond donors (Lipinski definition) is 1. The predicted molar refractivity (Wildman–Crippen MR) is 140 cm³/mol. The van der Waals surface area contributed by atoms with Gasteiger partial charge in [-0.15, -0.1) is 0 Å². The molecule has 0 radical (unpaired) electrons. The number of hydrogen-bond acceptors (Lipinski definition) is 3. The van der Waals surface area contributed by atoms with Crippen LogP contribution < -0.4 is 10.1 Å². The Kier molecular flexibility index (Phi) is 8.41. The highest BCUT2D eigenvalue weighted by Crippen LogP contribution is 2.29. The minimum Gasteiger partial charge on any atom is -0.491 e. The van der Waals surface area contributed by atoms with Crippen LogP contribution >= 0.6 is 0 Å². The second-order valence-electron chi connectivity index (χ2n) is 10.9. The maximum atomic E-state index is 12.8. The Morgan fingerprint density at radius 3 is 2.60 bits per heavy atom. The van der Waals surface area contributed by atoms with Crippen LogP contribution in [0, 0.1) is 5.92 Å². The molecule has 3 aliphatic rings. The summed E-state index contributed by atoms with van der Waals surface area (Å²) in [5.41, 5.74) is 5.06. The van der Waals surface area contributed by atoms with Crippen LogP contribution in [-0.2, 0) is 24.0 Å². The lowest BCUT2D eigenvalue weighted by molar-refractivity contribution is 0.0679. The first-order chi connectivity index (χ1) is 17.2. The van der Waals surface area contributed by atoms with Crippen LogP contribution in [-0.4, -0.2) is 31.3 Å². The van der Waals surface area contributed by atoms with Gasteiger partial charge < -0.3 is 14.8 Å². The third kappa shape index (κ3) is 6.88. The van der Waals surface area contributed by atoms with E-state index in [-0.39, 0.29) is 18.1 Å². The quantitative estimate of drug-likeness (QED) is 0.454. The molecule has 1 saturated heterocycles. The topological polar surface area (TPSA) is 47.6 Å². The molecule has 2 aliphatic carbocycles. The molecule has 1 aliphatic heterocycles. The predicted octanol–water partition coefficient (Wildman–Crippen LogP) is 6.43. The highest BCUT2D eigenvalue weighted by molar-refractivity contribution is 5.94. The largest absolute Gasteiger partial charge is 0.491 e. The normalized spacial score (nSPS) is 22.5. The fourth-order valence-electron chi connectivity index (χ4n) is 6.09. The number of fused-ring (bicyclic) bond motifs is 1. The summed E-state index contributed by atoms with van der Waals surface area (Å²) in [6, 6.07) is 14.7. The van der Waals surface area contributed by atoms with Crippen LogP contribution in [0.5, 0.6) is 5.75 Å². The Morgan fingerprint density at radius 1 is 0.943 bits per heavy atom. The van der Waals surface area contributed by atoms with Gasteiger partial charge in [-0.3, -0.25) is 4.79 Å². The third-order valence-corrected chi connectivity index (χ3v) is 8.21. The highest BCUT2D eigenvalue weighted by Gasteiger charge is 2.22. The van der Waals surface area contributed by atoms with E-state index in [1.165, 1.54) is 68.1 Å². The van der Waals surface area contributed by atoms with E-state index in [9.17, 15) is 4.79 Å². The van der Waals surface area contributed by atoms with Crippen molar-refractivity contribution in [2.24, 2.45) is 5.92 Å². The van der Waals surface area contributed by atoms with Crippen molar-refractivity contribution in [3.63, 3.8) is 0 Å². The van der Waals surface area contributed by atoms with Crippen LogP contribution in [0.2, 0.25) is 0 Å². The third-order valence-electron chi connectivity index (χ3n) is 8.21. The van der Waals surface area contributed by atoms with Crippen molar-refractivity contribution < 1.29 is 14.3 Å². The van der Waals surface area contributed by atoms with Gasteiger partial charge in [-0.25, -0.2) is 0 Å². The van der Waals surface area contributed by atoms with E-state index < -0.39 is 0 Å². The van der Waals surface area contributed by atoms with E-state index in [0.29, 0.717) is 12.2 Å². The highest BCUT2D eigenvalue weighted by atomic mass is 16.5. The molecular formula is C31H41NO3. The van der Waals surface area contributed by atoms with Crippen molar-refractivity contribution in [2.45, 2.75) is 95.6 Å². The number of aryl methyl sites for hydroxylation is 2. The van der Waals surface area contributed by atoms with Crippen molar-refractivity contribution in [1.82, 2.24) is 5.32 Å². The average Bonchev–Trinajstić information content (AvgIpc) is 3.42. The van der Waals surface area contributed by atoms with Gasteiger partial charge in [-0.1, -0.05) is 56.7 Å². The summed E-state index contributed by atoms with van der Waals surface area (Å²) in [4.78, 5) is 12.8. The van der Waals surface area contributed by atoms with Crippen molar-refractivity contribution >= 4 is 5.91 Å². The van der Waals surface area contributed by atoms with E-state index in [1.54, 1.807) is 0 Å². The van der Waals surface area contributed by atoms with E-state index in [2.05, 4.69) is 23.5 Å². The number of carbonyl (C=O) groups excluding carboxylic acids is 1. The summed E-state index contributed by atoms with van der Waals surface area (Å²) in [6.07, 6.45) is 16.5. The maximum Gasteiger partial charge on any atom is 0.251 e. The molecule has 35 heavy (non-hydrogen) atoms. The van der Waals surface area contributed by atoms with E-state index >= 15 is 0 Å². The average molecular weight is 476 g/mol. The summed E-state index contributed by atoms with van der Waals surface area (Å²) in [6.45, 7) is 1.41. The molecule has 4 heteroatoms. The standard InChI is InChI=1S/C31H41NO3/c33-31(25-14-17-29(18-15-25)35-22-30-10-5-19-34-30)32-28-16-13-26-20-24(11-12-27(26)21-28)9-4-8-23-6-2-1-3-7-23/h11-12,14-15,17-18,20,23,28,30H,1-10,13,16,19,21-22H2,(H,32,33)/t28-,30-/m0/s1. The van der Waals surface area contributed by atoms with Gasteiger partial charge in [0.2, 0.25) is 0 Å². The molecule has 4 nitrogen and oxygen atoms in total. The molecule has 0 bridgehead atoms. The number of ether oxygens (including phenoxy) is 2. The lowest BCUT2D eigenvalue weighted by atomic mass is 9.84. The summed E-state index contributed by atoms with van der Waals surface area (Å²) in [7, 11) is 0. The second-order valence-corrected chi connectivity index (χ2v) is 10.9. The van der Waals surface area contributed by atoms with Crippen LogP contribution in [0.15, 0.2) is 42.5 Å². The number of nitrogens with one attached hydrogen (secondary N) is 1. The molecule has 2 atom stereocenters. The van der Waals surface area contributed by atoms with Crippen LogP contribution in [0.25, 0.3) is 0 Å². The molecule has 2 aromatic rings. The first kappa shape index (κ1) is 24.4. The van der Waals surface area contributed by atoms with Crippen LogP contribution in [0.4, 0.5) is 0 Å². The van der Waals surface area contributed by atoms with E-state index in [0.717, 1.165) is 50.4 Å². The van der Waals surface area contributed by atoms with Gasteiger partial charge in [0.1, 0.15) is 12.4 Å². The van der Waals surface area contributed by atoms with Gasteiger partial charge in [0.25, 0.3) is 5.91 Å². The molecule has 1 saturated carbocycles. The molecule has 1 heterocycles. The Morgan fingerprint density at radius 2 is 1.80 bits per heavy atom. The van der Waals surface area contributed by atoms with Crippen LogP contribution in [0.1, 0.15) is 91.3 Å². The Hall–Kier alpha value is -2.33. The van der Waals surface area contributed by atoms with Gasteiger partial charge in [-0.05, 0) is 91.8 Å². The number of rotatable bonds is 9. The zero-order valence-electron chi connectivity index (χ0n) is 21.1. The zero-order valence-corrected chi connectivity index (χ0v) is 21.1.